The van der Waals surface area contributed by atoms with E-state index in [9.17, 15) is 5.11 Å². The zero-order valence-electron chi connectivity index (χ0n) is 13.8. The van der Waals surface area contributed by atoms with Crippen molar-refractivity contribution in [3.05, 3.63) is 0 Å². The van der Waals surface area contributed by atoms with Gasteiger partial charge in [0.15, 0.2) is 0 Å². The number of unbranched alkanes of at least 4 members (excludes halogenated alkanes) is 11. The second-order valence-corrected chi connectivity index (χ2v) is 6.10. The molecule has 0 heterocycles. The summed E-state index contributed by atoms with van der Waals surface area (Å²) >= 11 is 0. The fourth-order valence-corrected chi connectivity index (χ4v) is 2.46. The molecule has 0 unspecified atom stereocenters. The quantitative estimate of drug-likeness (QED) is 0.433. The first-order valence-electron chi connectivity index (χ1n) is 8.62. The van der Waals surface area contributed by atoms with Crippen molar-refractivity contribution in [1.82, 2.24) is 0 Å². The maximum Gasteiger partial charge on any atom is 0.0688 e. The molecule has 0 aliphatic heterocycles. The third-order valence-corrected chi connectivity index (χ3v) is 3.96. The minimum Gasteiger partial charge on any atom is -0.392 e. The van der Waals surface area contributed by atoms with Crippen molar-refractivity contribution < 1.29 is 5.11 Å². The molecule has 0 aromatic carbocycles. The number of hydrogen-bond acceptors (Lipinski definition) is 2. The van der Waals surface area contributed by atoms with Gasteiger partial charge in [-0.05, 0) is 13.3 Å². The molecule has 3 heteroatoms. The smallest absolute Gasteiger partial charge is 0.0688 e. The molecule has 124 valence electrons. The molecule has 0 saturated carbocycles. The molecular weight excluding hydrogens is 270 g/mol. The number of halogens is 1. The molecule has 0 saturated heterocycles. The van der Waals surface area contributed by atoms with Crippen molar-refractivity contribution in [2.75, 3.05) is 0 Å². The van der Waals surface area contributed by atoms with Crippen LogP contribution in [0, 0.1) is 0 Å². The lowest BCUT2D eigenvalue weighted by molar-refractivity contribution is 0.138. The van der Waals surface area contributed by atoms with Crippen molar-refractivity contribution in [3.63, 3.8) is 0 Å². The van der Waals surface area contributed by atoms with Crippen LogP contribution in [0.3, 0.4) is 0 Å². The first kappa shape index (κ1) is 22.5. The Bertz CT molecular complexity index is 176. The van der Waals surface area contributed by atoms with E-state index in [4.69, 9.17) is 5.73 Å². The van der Waals surface area contributed by atoms with E-state index in [1.54, 1.807) is 0 Å². The highest BCUT2D eigenvalue weighted by Gasteiger charge is 2.07. The van der Waals surface area contributed by atoms with Crippen LogP contribution in [0.5, 0.6) is 0 Å². The van der Waals surface area contributed by atoms with Crippen molar-refractivity contribution in [3.8, 4) is 0 Å². The summed E-state index contributed by atoms with van der Waals surface area (Å²) in [6, 6.07) is -0.0762. The molecule has 0 amide bonds. The topological polar surface area (TPSA) is 46.2 Å². The Morgan fingerprint density at radius 3 is 1.45 bits per heavy atom. The summed E-state index contributed by atoms with van der Waals surface area (Å²) in [5.74, 6) is 0. The van der Waals surface area contributed by atoms with Gasteiger partial charge in [-0.3, -0.25) is 0 Å². The van der Waals surface area contributed by atoms with E-state index in [0.29, 0.717) is 0 Å². The van der Waals surface area contributed by atoms with Gasteiger partial charge >= 0.3 is 0 Å². The van der Waals surface area contributed by atoms with Crippen LogP contribution in [0.15, 0.2) is 0 Å². The molecule has 2 atom stereocenters. The minimum absolute atomic E-state index is 0. The molecule has 2 nitrogen and oxygen atoms in total. The molecule has 0 rings (SSSR count). The number of nitrogens with two attached hydrogens (primary N) is 1. The summed E-state index contributed by atoms with van der Waals surface area (Å²) in [6.07, 6.45) is 16.9. The Labute approximate surface area is 133 Å². The van der Waals surface area contributed by atoms with Gasteiger partial charge in [0.2, 0.25) is 0 Å². The van der Waals surface area contributed by atoms with E-state index in [2.05, 4.69) is 6.92 Å². The number of aliphatic hydroxyl groups excluding tert-OH is 1. The summed E-state index contributed by atoms with van der Waals surface area (Å²) in [7, 11) is 0. The van der Waals surface area contributed by atoms with Crippen LogP contribution in [0.2, 0.25) is 0 Å². The monoisotopic (exact) mass is 307 g/mol. The summed E-state index contributed by atoms with van der Waals surface area (Å²) in [6.45, 7) is 4.15. The highest BCUT2D eigenvalue weighted by atomic mass is 35.5. The van der Waals surface area contributed by atoms with Gasteiger partial charge in [0.1, 0.15) is 0 Å². The normalized spacial score (nSPS) is 13.8. The van der Waals surface area contributed by atoms with Crippen LogP contribution in [0.25, 0.3) is 0 Å². The molecule has 0 aromatic rings. The van der Waals surface area contributed by atoms with Gasteiger partial charge in [0.05, 0.1) is 6.10 Å². The Morgan fingerprint density at radius 1 is 0.750 bits per heavy atom. The minimum atomic E-state index is -0.303. The maximum atomic E-state index is 9.56. The lowest BCUT2D eigenvalue weighted by atomic mass is 10.0. The zero-order chi connectivity index (χ0) is 14.3. The van der Waals surface area contributed by atoms with Gasteiger partial charge in [-0.25, -0.2) is 0 Å². The van der Waals surface area contributed by atoms with Crippen molar-refractivity contribution in [2.45, 2.75) is 109 Å². The Kier molecular flexibility index (Phi) is 19.4. The van der Waals surface area contributed by atoms with E-state index >= 15 is 0 Å². The average molecular weight is 308 g/mol. The van der Waals surface area contributed by atoms with Crippen LogP contribution in [0.4, 0.5) is 0 Å². The Morgan fingerprint density at radius 2 is 1.10 bits per heavy atom. The van der Waals surface area contributed by atoms with E-state index in [-0.39, 0.29) is 24.6 Å². The molecule has 3 N–H and O–H groups in total. The van der Waals surface area contributed by atoms with Crippen LogP contribution in [-0.2, 0) is 0 Å². The number of hydrogen-bond donors (Lipinski definition) is 2. The molecule has 0 bridgehead atoms. The summed E-state index contributed by atoms with van der Waals surface area (Å²) in [5, 5.41) is 9.56. The predicted octanol–water partition coefficient (Wildman–Crippen LogP) is 5.21. The second kappa shape index (κ2) is 17.3. The third kappa shape index (κ3) is 16.3. The zero-order valence-corrected chi connectivity index (χ0v) is 14.6. The number of aliphatic hydroxyl groups is 1. The van der Waals surface area contributed by atoms with E-state index in [1.165, 1.54) is 70.6 Å². The highest BCUT2D eigenvalue weighted by molar-refractivity contribution is 5.85. The maximum absolute atomic E-state index is 9.56. The second-order valence-electron chi connectivity index (χ2n) is 6.10. The van der Waals surface area contributed by atoms with Crippen LogP contribution in [-0.4, -0.2) is 17.3 Å². The van der Waals surface area contributed by atoms with Crippen LogP contribution < -0.4 is 5.73 Å². The van der Waals surface area contributed by atoms with E-state index in [1.807, 2.05) is 6.92 Å². The molecule has 20 heavy (non-hydrogen) atoms. The molecule has 0 spiro atoms. The lowest BCUT2D eigenvalue weighted by Crippen LogP contribution is -2.31. The fourth-order valence-electron chi connectivity index (χ4n) is 2.46. The van der Waals surface area contributed by atoms with E-state index in [0.717, 1.165) is 12.8 Å². The van der Waals surface area contributed by atoms with Gasteiger partial charge in [-0.2, -0.15) is 0 Å². The predicted molar refractivity (Wildman–Crippen MR) is 92.6 cm³/mol. The number of rotatable bonds is 14. The Hall–Kier alpha value is 0.210. The standard InChI is InChI=1S/C17H37NO.ClH/c1-3-4-5-6-7-8-9-10-11-12-13-14-15-17(19)16(2)18;/h16-17,19H,3-15,18H2,1-2H3;1H/t16-,17+;/m0./s1. The summed E-state index contributed by atoms with van der Waals surface area (Å²) in [4.78, 5) is 0. The Balaban J connectivity index is 0. The molecule has 0 aromatic heterocycles. The SMILES string of the molecule is CCCCCCCCCCCCCC[C@@H](O)[C@H](C)N.Cl. The fraction of sp³-hybridized carbons (Fsp3) is 1.00. The molecular formula is C17H38ClNO. The van der Waals surface area contributed by atoms with Gasteiger partial charge in [-0.15, -0.1) is 12.4 Å². The van der Waals surface area contributed by atoms with Crippen molar-refractivity contribution >= 4 is 12.4 Å². The van der Waals surface area contributed by atoms with Crippen LogP contribution in [0.1, 0.15) is 97.3 Å². The molecule has 0 fully saturated rings. The molecule has 0 aliphatic carbocycles. The molecule has 0 radical (unpaired) electrons. The van der Waals surface area contributed by atoms with Crippen molar-refractivity contribution in [2.24, 2.45) is 5.73 Å². The van der Waals surface area contributed by atoms with Gasteiger partial charge in [-0.1, -0.05) is 84.0 Å². The lowest BCUT2D eigenvalue weighted by Gasteiger charge is -2.13. The van der Waals surface area contributed by atoms with E-state index < -0.39 is 0 Å². The van der Waals surface area contributed by atoms with Crippen LogP contribution >= 0.6 is 12.4 Å². The molecule has 0 aliphatic rings. The summed E-state index contributed by atoms with van der Waals surface area (Å²) in [5.41, 5.74) is 5.63. The third-order valence-electron chi connectivity index (χ3n) is 3.96. The average Bonchev–Trinajstić information content (AvgIpc) is 2.39. The van der Waals surface area contributed by atoms with Gasteiger partial charge in [0, 0.05) is 6.04 Å². The van der Waals surface area contributed by atoms with Gasteiger partial charge in [0.25, 0.3) is 0 Å². The first-order valence-corrected chi connectivity index (χ1v) is 8.62. The first-order chi connectivity index (χ1) is 9.18. The van der Waals surface area contributed by atoms with Crippen molar-refractivity contribution in [1.29, 1.82) is 0 Å². The van der Waals surface area contributed by atoms with Gasteiger partial charge < -0.3 is 10.8 Å². The highest BCUT2D eigenvalue weighted by Crippen LogP contribution is 2.13. The largest absolute Gasteiger partial charge is 0.392 e. The summed E-state index contributed by atoms with van der Waals surface area (Å²) < 4.78 is 0.